The first-order valence-electron chi connectivity index (χ1n) is 9.57. The molecule has 1 atom stereocenters. The average Bonchev–Trinajstić information content (AvgIpc) is 3.11. The second-order valence-electron chi connectivity index (χ2n) is 7.25. The molecular weight excluding hydrogens is 314 g/mol. The second kappa shape index (κ2) is 8.48. The molecule has 1 aromatic rings. The number of hydrogen-bond donors (Lipinski definition) is 1. The molecule has 3 rings (SSSR count). The summed E-state index contributed by atoms with van der Waals surface area (Å²) in [7, 11) is 0. The first kappa shape index (κ1) is 17.9. The van der Waals surface area contributed by atoms with Crippen LogP contribution in [0.1, 0.15) is 49.4 Å². The highest BCUT2D eigenvalue weighted by molar-refractivity contribution is 5.98. The van der Waals surface area contributed by atoms with Gasteiger partial charge in [-0.25, -0.2) is 4.79 Å². The van der Waals surface area contributed by atoms with Gasteiger partial charge in [0.2, 0.25) is 0 Å². The minimum absolute atomic E-state index is 0.0535. The van der Waals surface area contributed by atoms with E-state index >= 15 is 0 Å². The zero-order chi connectivity index (χ0) is 17.6. The lowest BCUT2D eigenvalue weighted by Gasteiger charge is -2.29. The third-order valence-electron chi connectivity index (χ3n) is 5.30. The van der Waals surface area contributed by atoms with E-state index in [1.54, 1.807) is 12.1 Å². The lowest BCUT2D eigenvalue weighted by molar-refractivity contribution is 0.0988. The molecule has 2 fully saturated rings. The van der Waals surface area contributed by atoms with E-state index in [0.717, 1.165) is 26.1 Å². The number of ketones is 1. The predicted molar refractivity (Wildman–Crippen MR) is 100 cm³/mol. The maximum absolute atomic E-state index is 12.5. The van der Waals surface area contributed by atoms with Crippen molar-refractivity contribution in [3.05, 3.63) is 29.8 Å². The van der Waals surface area contributed by atoms with Crippen molar-refractivity contribution in [2.75, 3.05) is 38.0 Å². The van der Waals surface area contributed by atoms with Crippen molar-refractivity contribution in [1.29, 1.82) is 0 Å². The Labute approximate surface area is 150 Å². The van der Waals surface area contributed by atoms with Crippen molar-refractivity contribution in [3.8, 4) is 0 Å². The van der Waals surface area contributed by atoms with Gasteiger partial charge in [-0.3, -0.25) is 4.79 Å². The van der Waals surface area contributed by atoms with Crippen molar-refractivity contribution in [1.82, 2.24) is 9.80 Å². The number of carbonyl (C=O) groups excluding carboxylic acids is 2. The van der Waals surface area contributed by atoms with Gasteiger partial charge < -0.3 is 15.1 Å². The summed E-state index contributed by atoms with van der Waals surface area (Å²) in [6, 6.07) is 7.17. The van der Waals surface area contributed by atoms with E-state index < -0.39 is 0 Å². The van der Waals surface area contributed by atoms with Crippen molar-refractivity contribution >= 4 is 17.5 Å². The predicted octanol–water partition coefficient (Wildman–Crippen LogP) is 3.62. The third kappa shape index (κ3) is 4.82. The first-order valence-corrected chi connectivity index (χ1v) is 9.57. The van der Waals surface area contributed by atoms with E-state index in [-0.39, 0.29) is 11.8 Å². The Morgan fingerprint density at radius 2 is 1.96 bits per heavy atom. The molecule has 0 bridgehead atoms. The van der Waals surface area contributed by atoms with Gasteiger partial charge in [0.1, 0.15) is 0 Å². The summed E-state index contributed by atoms with van der Waals surface area (Å²) in [4.78, 5) is 28.8. The van der Waals surface area contributed by atoms with E-state index in [0.29, 0.717) is 23.6 Å². The van der Waals surface area contributed by atoms with Crippen molar-refractivity contribution < 1.29 is 9.59 Å². The van der Waals surface area contributed by atoms with Crippen molar-refractivity contribution in [3.63, 3.8) is 0 Å². The zero-order valence-electron chi connectivity index (χ0n) is 15.2. The zero-order valence-corrected chi connectivity index (χ0v) is 15.2. The Hall–Kier alpha value is -1.88. The number of carbonyl (C=O) groups is 2. The molecule has 2 aliphatic rings. The van der Waals surface area contributed by atoms with E-state index in [2.05, 4.69) is 10.2 Å². The molecule has 136 valence electrons. The van der Waals surface area contributed by atoms with Crippen LogP contribution in [0.4, 0.5) is 10.5 Å². The maximum Gasteiger partial charge on any atom is 0.321 e. The standard InChI is InChI=1S/C20H29N3O2/c1-2-19(24)17-7-6-8-18(13-17)21-20(25)23-12-9-16(15-23)14-22-10-4-3-5-11-22/h6-8,13,16H,2-5,9-12,14-15H2,1H3,(H,21,25)/t16-/m1/s1. The molecule has 0 saturated carbocycles. The summed E-state index contributed by atoms with van der Waals surface area (Å²) in [6.07, 6.45) is 5.53. The van der Waals surface area contributed by atoms with Gasteiger partial charge in [-0.1, -0.05) is 25.5 Å². The van der Waals surface area contributed by atoms with Crippen molar-refractivity contribution in [2.24, 2.45) is 5.92 Å². The number of rotatable bonds is 5. The van der Waals surface area contributed by atoms with E-state index in [4.69, 9.17) is 0 Å². The van der Waals surface area contributed by atoms with Crippen LogP contribution >= 0.6 is 0 Å². The highest BCUT2D eigenvalue weighted by atomic mass is 16.2. The number of amides is 2. The molecule has 2 saturated heterocycles. The minimum Gasteiger partial charge on any atom is -0.324 e. The Morgan fingerprint density at radius 3 is 2.72 bits per heavy atom. The number of urea groups is 1. The molecule has 1 aromatic carbocycles. The lowest BCUT2D eigenvalue weighted by atomic mass is 10.1. The number of likely N-dealkylation sites (tertiary alicyclic amines) is 2. The Morgan fingerprint density at radius 1 is 1.16 bits per heavy atom. The summed E-state index contributed by atoms with van der Waals surface area (Å²) < 4.78 is 0. The molecule has 0 unspecified atom stereocenters. The number of hydrogen-bond acceptors (Lipinski definition) is 3. The molecule has 0 aliphatic carbocycles. The van der Waals surface area contributed by atoms with Gasteiger partial charge in [0, 0.05) is 37.3 Å². The summed E-state index contributed by atoms with van der Waals surface area (Å²) in [5.41, 5.74) is 1.36. The van der Waals surface area contributed by atoms with Crippen LogP contribution in [0.2, 0.25) is 0 Å². The Balaban J connectivity index is 1.51. The second-order valence-corrected chi connectivity index (χ2v) is 7.25. The number of nitrogens with zero attached hydrogens (tertiary/aromatic N) is 2. The maximum atomic E-state index is 12.5. The van der Waals surface area contributed by atoms with Gasteiger partial charge in [0.15, 0.2) is 5.78 Å². The monoisotopic (exact) mass is 343 g/mol. The number of piperidine rings is 1. The number of benzene rings is 1. The number of nitrogens with one attached hydrogen (secondary N) is 1. The molecular formula is C20H29N3O2. The fourth-order valence-electron chi connectivity index (χ4n) is 3.85. The molecule has 2 amide bonds. The molecule has 5 nitrogen and oxygen atoms in total. The minimum atomic E-state index is -0.0535. The molecule has 0 radical (unpaired) electrons. The largest absolute Gasteiger partial charge is 0.324 e. The number of Topliss-reactive ketones (excluding diaryl/α,β-unsaturated/α-hetero) is 1. The van der Waals surface area contributed by atoms with Gasteiger partial charge >= 0.3 is 6.03 Å². The van der Waals surface area contributed by atoms with Crippen LogP contribution in [-0.4, -0.2) is 54.3 Å². The average molecular weight is 343 g/mol. The van der Waals surface area contributed by atoms with Gasteiger partial charge in [0.05, 0.1) is 0 Å². The van der Waals surface area contributed by atoms with Crippen LogP contribution in [0.5, 0.6) is 0 Å². The highest BCUT2D eigenvalue weighted by Crippen LogP contribution is 2.21. The summed E-state index contributed by atoms with van der Waals surface area (Å²) >= 11 is 0. The quantitative estimate of drug-likeness (QED) is 0.831. The lowest BCUT2D eigenvalue weighted by Crippen LogP contribution is -2.37. The van der Waals surface area contributed by atoms with Gasteiger partial charge in [0.25, 0.3) is 0 Å². The molecule has 2 heterocycles. The smallest absolute Gasteiger partial charge is 0.321 e. The normalized spacial score (nSPS) is 21.3. The molecule has 5 heteroatoms. The summed E-state index contributed by atoms with van der Waals surface area (Å²) in [5.74, 6) is 0.677. The van der Waals surface area contributed by atoms with Crippen LogP contribution < -0.4 is 5.32 Å². The van der Waals surface area contributed by atoms with E-state index in [1.165, 1.54) is 32.4 Å². The Bertz CT molecular complexity index is 611. The van der Waals surface area contributed by atoms with Crippen LogP contribution in [0.25, 0.3) is 0 Å². The third-order valence-corrected chi connectivity index (χ3v) is 5.30. The van der Waals surface area contributed by atoms with Crippen molar-refractivity contribution in [2.45, 2.75) is 39.0 Å². The van der Waals surface area contributed by atoms with Gasteiger partial charge in [-0.15, -0.1) is 0 Å². The summed E-state index contributed by atoms with van der Waals surface area (Å²) in [6.45, 7) is 7.03. The first-order chi connectivity index (χ1) is 12.2. The Kier molecular flexibility index (Phi) is 6.08. The molecule has 0 aromatic heterocycles. The fourth-order valence-corrected chi connectivity index (χ4v) is 3.85. The van der Waals surface area contributed by atoms with E-state index in [1.807, 2.05) is 24.0 Å². The molecule has 25 heavy (non-hydrogen) atoms. The fraction of sp³-hybridized carbons (Fsp3) is 0.600. The molecule has 2 aliphatic heterocycles. The molecule has 0 spiro atoms. The van der Waals surface area contributed by atoms with Crippen LogP contribution in [0.15, 0.2) is 24.3 Å². The van der Waals surface area contributed by atoms with Crippen LogP contribution in [0.3, 0.4) is 0 Å². The topological polar surface area (TPSA) is 52.7 Å². The van der Waals surface area contributed by atoms with Crippen LogP contribution in [0, 0.1) is 5.92 Å². The summed E-state index contributed by atoms with van der Waals surface area (Å²) in [5, 5.41) is 2.95. The highest BCUT2D eigenvalue weighted by Gasteiger charge is 2.28. The van der Waals surface area contributed by atoms with E-state index in [9.17, 15) is 9.59 Å². The molecule has 1 N–H and O–H groups in total. The van der Waals surface area contributed by atoms with Crippen LogP contribution in [-0.2, 0) is 0 Å². The number of anilines is 1. The SMILES string of the molecule is CCC(=O)c1cccc(NC(=O)N2CC[C@H](CN3CCCCC3)C2)c1. The van der Waals surface area contributed by atoms with Gasteiger partial charge in [-0.05, 0) is 50.4 Å². The van der Waals surface area contributed by atoms with Gasteiger partial charge in [-0.2, -0.15) is 0 Å².